The number of hydrogen-bond acceptors (Lipinski definition) is 8. The van der Waals surface area contributed by atoms with Crippen LogP contribution in [0.5, 0.6) is 0 Å². The van der Waals surface area contributed by atoms with E-state index in [9.17, 15) is 18.0 Å². The molecule has 0 aliphatic carbocycles. The summed E-state index contributed by atoms with van der Waals surface area (Å²) in [5, 5.41) is 10.7. The highest BCUT2D eigenvalue weighted by atomic mass is 35.5. The van der Waals surface area contributed by atoms with Crippen LogP contribution in [0.15, 0.2) is 48.7 Å². The van der Waals surface area contributed by atoms with Gasteiger partial charge in [-0.1, -0.05) is 31.2 Å². The predicted octanol–water partition coefficient (Wildman–Crippen LogP) is 4.12. The third-order valence-corrected chi connectivity index (χ3v) is 6.58. The highest BCUT2D eigenvalue weighted by molar-refractivity contribution is 7.85. The Hall–Kier alpha value is -3.52. The SMILES string of the molecule is C.CS(=O)(=O)O.N=C1OCCN1c1cccc(CN2Cc3c(ccnc3NC(=O)c3ccc(Cl)s3)C2=O)c1. The molecular formula is C24H26ClN5O6S2. The summed E-state index contributed by atoms with van der Waals surface area (Å²) < 4.78 is 31.6. The molecule has 2 amide bonds. The van der Waals surface area contributed by atoms with Crippen LogP contribution < -0.4 is 10.2 Å². The summed E-state index contributed by atoms with van der Waals surface area (Å²) in [7, 11) is -3.67. The van der Waals surface area contributed by atoms with Gasteiger partial charge < -0.3 is 15.0 Å². The van der Waals surface area contributed by atoms with Crippen molar-refractivity contribution in [2.24, 2.45) is 0 Å². The molecule has 2 aliphatic rings. The number of thiophene rings is 1. The topological polar surface area (TPSA) is 153 Å². The number of fused-ring (bicyclic) bond motifs is 1. The Balaban J connectivity index is 0.000000612. The second-order valence-electron chi connectivity index (χ2n) is 8.11. The molecule has 0 atom stereocenters. The van der Waals surface area contributed by atoms with Crippen LogP contribution >= 0.6 is 22.9 Å². The minimum atomic E-state index is -3.67. The lowest BCUT2D eigenvalue weighted by molar-refractivity contribution is 0.0766. The van der Waals surface area contributed by atoms with E-state index in [2.05, 4.69) is 10.3 Å². The van der Waals surface area contributed by atoms with Gasteiger partial charge in [0.2, 0.25) is 0 Å². The summed E-state index contributed by atoms with van der Waals surface area (Å²) in [5.74, 6) is -0.0410. The number of amidine groups is 1. The van der Waals surface area contributed by atoms with Crippen LogP contribution in [-0.4, -0.2) is 60.1 Å². The van der Waals surface area contributed by atoms with Gasteiger partial charge in [0.15, 0.2) is 0 Å². The summed E-state index contributed by atoms with van der Waals surface area (Å²) in [6, 6.07) is 12.9. The molecule has 1 aromatic carbocycles. The van der Waals surface area contributed by atoms with Crippen LogP contribution in [0.3, 0.4) is 0 Å². The van der Waals surface area contributed by atoms with Crippen LogP contribution in [0, 0.1) is 5.41 Å². The van der Waals surface area contributed by atoms with Crippen molar-refractivity contribution < 1.29 is 27.3 Å². The standard InChI is InChI=1S/C22H18ClN5O3S.CH4O3S.CH4/c23-18-5-4-17(32-18)20(29)26-19-16-12-27(21(30)15(16)6-7-25-19)11-13-2-1-3-14(10-13)28-8-9-31-22(28)24;1-5(2,3)4;/h1-7,10,24H,8-9,11-12H2,(H,25,26,29);1H3,(H,2,3,4);1H4. The zero-order valence-corrected chi connectivity index (χ0v) is 21.9. The van der Waals surface area contributed by atoms with Crippen molar-refractivity contribution in [3.8, 4) is 0 Å². The van der Waals surface area contributed by atoms with Crippen LogP contribution in [0.25, 0.3) is 0 Å². The molecule has 11 nitrogen and oxygen atoms in total. The first kappa shape index (κ1) is 29.0. The predicted molar refractivity (Wildman–Crippen MR) is 147 cm³/mol. The number of amides is 2. The third kappa shape index (κ3) is 7.07. The van der Waals surface area contributed by atoms with Gasteiger partial charge in [0.05, 0.1) is 28.6 Å². The maximum atomic E-state index is 13.0. The lowest BCUT2D eigenvalue weighted by Gasteiger charge is -2.19. The number of nitrogens with zero attached hydrogens (tertiary/aromatic N) is 3. The van der Waals surface area contributed by atoms with Crippen molar-refractivity contribution in [3.63, 3.8) is 0 Å². The first-order chi connectivity index (χ1) is 17.5. The lowest BCUT2D eigenvalue weighted by Crippen LogP contribution is -2.25. The van der Waals surface area contributed by atoms with E-state index in [1.807, 2.05) is 24.3 Å². The van der Waals surface area contributed by atoms with E-state index in [0.29, 0.717) is 58.7 Å². The van der Waals surface area contributed by atoms with Crippen LogP contribution in [0.4, 0.5) is 11.5 Å². The van der Waals surface area contributed by atoms with E-state index < -0.39 is 10.1 Å². The minimum Gasteiger partial charge on any atom is -0.463 e. The van der Waals surface area contributed by atoms with Gasteiger partial charge in [-0.05, 0) is 35.9 Å². The van der Waals surface area contributed by atoms with Crippen molar-refractivity contribution in [2.75, 3.05) is 29.6 Å². The molecule has 0 bridgehead atoms. The molecule has 14 heteroatoms. The van der Waals surface area contributed by atoms with Crippen LogP contribution in [0.1, 0.15) is 38.6 Å². The Labute approximate surface area is 229 Å². The first-order valence-corrected chi connectivity index (χ1v) is 13.9. The molecule has 2 aliphatic heterocycles. The van der Waals surface area contributed by atoms with E-state index in [0.717, 1.165) is 11.3 Å². The Bertz CT molecular complexity index is 1470. The van der Waals surface area contributed by atoms with Crippen LogP contribution in [0.2, 0.25) is 4.34 Å². The van der Waals surface area contributed by atoms with Crippen molar-refractivity contribution in [3.05, 3.63) is 74.6 Å². The number of ether oxygens (including phenoxy) is 1. The monoisotopic (exact) mass is 579 g/mol. The number of halogens is 1. The zero-order valence-electron chi connectivity index (χ0n) is 19.5. The van der Waals surface area contributed by atoms with Crippen molar-refractivity contribution in [2.45, 2.75) is 20.5 Å². The second-order valence-corrected chi connectivity index (χ2v) is 11.3. The van der Waals surface area contributed by atoms with Gasteiger partial charge in [-0.25, -0.2) is 4.98 Å². The Morgan fingerprint density at radius 2 is 2.03 bits per heavy atom. The van der Waals surface area contributed by atoms with E-state index in [4.69, 9.17) is 26.3 Å². The van der Waals surface area contributed by atoms with E-state index in [1.54, 1.807) is 28.0 Å². The Morgan fingerprint density at radius 3 is 2.66 bits per heavy atom. The van der Waals surface area contributed by atoms with Crippen molar-refractivity contribution in [1.29, 1.82) is 5.41 Å². The quantitative estimate of drug-likeness (QED) is 0.382. The zero-order chi connectivity index (χ0) is 26.7. The summed E-state index contributed by atoms with van der Waals surface area (Å²) in [5.41, 5.74) is 3.03. The molecule has 0 radical (unpaired) electrons. The minimum absolute atomic E-state index is 0. The van der Waals surface area contributed by atoms with Crippen LogP contribution in [-0.2, 0) is 27.9 Å². The number of benzene rings is 1. The Kier molecular flexibility index (Phi) is 9.09. The fourth-order valence-corrected chi connectivity index (χ4v) is 4.77. The van der Waals surface area contributed by atoms with Crippen molar-refractivity contribution >= 4 is 62.4 Å². The molecule has 3 aromatic rings. The molecule has 0 unspecified atom stereocenters. The summed E-state index contributed by atoms with van der Waals surface area (Å²) in [6.45, 7) is 1.86. The molecule has 0 spiro atoms. The highest BCUT2D eigenvalue weighted by Gasteiger charge is 2.31. The summed E-state index contributed by atoms with van der Waals surface area (Å²) in [4.78, 5) is 33.8. The number of aromatic nitrogens is 1. The number of pyridine rings is 1. The van der Waals surface area contributed by atoms with E-state index in [-0.39, 0.29) is 25.3 Å². The number of nitrogens with one attached hydrogen (secondary N) is 2. The number of rotatable bonds is 5. The van der Waals surface area contributed by atoms with Crippen molar-refractivity contribution in [1.82, 2.24) is 9.88 Å². The molecule has 2 aromatic heterocycles. The van der Waals surface area contributed by atoms with E-state index in [1.165, 1.54) is 17.5 Å². The first-order valence-electron chi connectivity index (χ1n) is 10.8. The van der Waals surface area contributed by atoms with Gasteiger partial charge in [-0.15, -0.1) is 11.3 Å². The maximum absolute atomic E-state index is 13.0. The smallest absolute Gasteiger partial charge is 0.289 e. The highest BCUT2D eigenvalue weighted by Crippen LogP contribution is 2.31. The largest absolute Gasteiger partial charge is 0.463 e. The molecule has 0 saturated carbocycles. The van der Waals surface area contributed by atoms with Gasteiger partial charge >= 0.3 is 0 Å². The second kappa shape index (κ2) is 11.9. The third-order valence-electron chi connectivity index (χ3n) is 5.35. The average Bonchev–Trinajstić information content (AvgIpc) is 3.53. The molecule has 38 heavy (non-hydrogen) atoms. The number of anilines is 2. The van der Waals surface area contributed by atoms with Gasteiger partial charge in [0.25, 0.3) is 28.0 Å². The van der Waals surface area contributed by atoms with Gasteiger partial charge in [0.1, 0.15) is 12.4 Å². The number of carbonyl (C=O) groups is 2. The lowest BCUT2D eigenvalue weighted by atomic mass is 10.1. The molecule has 4 heterocycles. The Morgan fingerprint density at radius 1 is 1.29 bits per heavy atom. The summed E-state index contributed by atoms with van der Waals surface area (Å²) in [6.07, 6.45) is 2.24. The molecule has 5 rings (SSSR count). The molecule has 1 fully saturated rings. The van der Waals surface area contributed by atoms with Gasteiger partial charge in [0, 0.05) is 29.6 Å². The van der Waals surface area contributed by atoms with E-state index >= 15 is 0 Å². The maximum Gasteiger partial charge on any atom is 0.289 e. The fourth-order valence-electron chi connectivity index (χ4n) is 3.83. The summed E-state index contributed by atoms with van der Waals surface area (Å²) >= 11 is 7.11. The molecule has 3 N–H and O–H groups in total. The normalized spacial score (nSPS) is 14.3. The molecular weight excluding hydrogens is 554 g/mol. The number of carbonyl (C=O) groups excluding carboxylic acids is 2. The molecule has 1 saturated heterocycles. The fraction of sp³-hybridized carbons (Fsp3) is 0.250. The van der Waals surface area contributed by atoms with Gasteiger partial charge in [-0.3, -0.25) is 24.5 Å². The average molecular weight is 580 g/mol. The number of hydrogen-bond donors (Lipinski definition) is 3. The molecule has 202 valence electrons. The van der Waals surface area contributed by atoms with Gasteiger partial charge in [-0.2, -0.15) is 8.42 Å².